The van der Waals surface area contributed by atoms with Crippen LogP contribution >= 0.6 is 0 Å². The molecule has 2 N–H and O–H groups in total. The molecule has 1 aliphatic heterocycles. The number of nitrogens with zero attached hydrogens (tertiary/aromatic N) is 1. The number of urea groups is 1. The van der Waals surface area contributed by atoms with Crippen molar-refractivity contribution in [3.8, 4) is 0 Å². The number of aromatic carboxylic acids is 1. The number of rotatable bonds is 4. The van der Waals surface area contributed by atoms with E-state index in [1.54, 1.807) is 23.1 Å². The van der Waals surface area contributed by atoms with E-state index in [4.69, 9.17) is 5.11 Å². The van der Waals surface area contributed by atoms with E-state index in [2.05, 4.69) is 12.2 Å². The quantitative estimate of drug-likeness (QED) is 0.894. The van der Waals surface area contributed by atoms with E-state index in [0.717, 1.165) is 17.2 Å². The lowest BCUT2D eigenvalue weighted by Crippen LogP contribution is -2.41. The van der Waals surface area contributed by atoms with Crippen LogP contribution in [0, 0.1) is 11.8 Å². The molecule has 2 aliphatic rings. The zero-order chi connectivity index (χ0) is 15.0. The third kappa shape index (κ3) is 2.86. The Kier molecular flexibility index (Phi) is 3.57. The Hall–Kier alpha value is -2.04. The average Bonchev–Trinajstić information content (AvgIpc) is 3.23. The minimum absolute atomic E-state index is 0.0793. The van der Waals surface area contributed by atoms with Crippen molar-refractivity contribution < 1.29 is 14.7 Å². The van der Waals surface area contributed by atoms with Crippen molar-refractivity contribution in [2.24, 2.45) is 11.8 Å². The van der Waals surface area contributed by atoms with E-state index in [-0.39, 0.29) is 11.6 Å². The molecule has 112 valence electrons. The number of benzene rings is 1. The molecule has 1 fully saturated rings. The van der Waals surface area contributed by atoms with Crippen LogP contribution in [0.15, 0.2) is 18.2 Å². The Morgan fingerprint density at radius 2 is 2.19 bits per heavy atom. The minimum atomic E-state index is -0.932. The molecule has 3 rings (SSSR count). The molecule has 2 amide bonds. The number of hydrogen-bond donors (Lipinski definition) is 2. The lowest BCUT2D eigenvalue weighted by molar-refractivity contribution is 0.0697. The van der Waals surface area contributed by atoms with Crippen LogP contribution in [0.5, 0.6) is 0 Å². The molecule has 0 saturated heterocycles. The van der Waals surface area contributed by atoms with Gasteiger partial charge in [-0.2, -0.15) is 0 Å². The number of carbonyl (C=O) groups excluding carboxylic acids is 1. The molecule has 1 atom stereocenters. The van der Waals surface area contributed by atoms with E-state index < -0.39 is 5.97 Å². The highest BCUT2D eigenvalue weighted by Crippen LogP contribution is 2.36. The first-order chi connectivity index (χ1) is 10.1. The smallest absolute Gasteiger partial charge is 0.335 e. The first kappa shape index (κ1) is 13.9. The van der Waals surface area contributed by atoms with Crippen LogP contribution in [0.1, 0.15) is 35.7 Å². The number of hydrogen-bond acceptors (Lipinski definition) is 2. The Morgan fingerprint density at radius 1 is 1.43 bits per heavy atom. The van der Waals surface area contributed by atoms with Gasteiger partial charge in [0.05, 0.1) is 5.56 Å². The van der Waals surface area contributed by atoms with E-state index in [0.29, 0.717) is 25.4 Å². The van der Waals surface area contributed by atoms with Gasteiger partial charge in [-0.1, -0.05) is 6.92 Å². The molecule has 0 radical (unpaired) electrons. The topological polar surface area (TPSA) is 69.6 Å². The highest BCUT2D eigenvalue weighted by Gasteiger charge is 2.29. The molecule has 1 aromatic rings. The summed E-state index contributed by atoms with van der Waals surface area (Å²) >= 11 is 0. The van der Waals surface area contributed by atoms with Crippen LogP contribution in [0.3, 0.4) is 0 Å². The van der Waals surface area contributed by atoms with Gasteiger partial charge in [-0.3, -0.25) is 4.90 Å². The number of anilines is 1. The minimum Gasteiger partial charge on any atom is -0.478 e. The molecule has 1 saturated carbocycles. The molecular weight excluding hydrogens is 268 g/mol. The predicted octanol–water partition coefficient (Wildman–Crippen LogP) is 2.50. The standard InChI is InChI=1S/C16H20N2O3/c1-10(11-2-3-11)9-17-16(21)18-7-6-12-8-13(15(19)20)4-5-14(12)18/h4-5,8,10-11H,2-3,6-7,9H2,1H3,(H,17,21)(H,19,20). The summed E-state index contributed by atoms with van der Waals surface area (Å²) in [6.45, 7) is 3.50. The number of nitrogens with one attached hydrogen (secondary N) is 1. The monoisotopic (exact) mass is 288 g/mol. The summed E-state index contributed by atoms with van der Waals surface area (Å²) in [7, 11) is 0. The summed E-state index contributed by atoms with van der Waals surface area (Å²) in [4.78, 5) is 25.0. The van der Waals surface area contributed by atoms with Crippen LogP contribution in [0.25, 0.3) is 0 Å². The van der Waals surface area contributed by atoms with E-state index in [9.17, 15) is 9.59 Å². The first-order valence-electron chi connectivity index (χ1n) is 7.48. The summed E-state index contributed by atoms with van der Waals surface area (Å²) in [5, 5.41) is 12.0. The van der Waals surface area contributed by atoms with Crippen LogP contribution < -0.4 is 10.2 Å². The number of amides is 2. The van der Waals surface area contributed by atoms with Crippen molar-refractivity contribution in [2.45, 2.75) is 26.2 Å². The van der Waals surface area contributed by atoms with Gasteiger partial charge < -0.3 is 10.4 Å². The average molecular weight is 288 g/mol. The van der Waals surface area contributed by atoms with Crippen molar-refractivity contribution in [1.82, 2.24) is 5.32 Å². The van der Waals surface area contributed by atoms with Crippen molar-refractivity contribution in [2.75, 3.05) is 18.0 Å². The maximum Gasteiger partial charge on any atom is 0.335 e. The van der Waals surface area contributed by atoms with Gasteiger partial charge in [0, 0.05) is 18.8 Å². The number of carbonyl (C=O) groups is 2. The fourth-order valence-corrected chi connectivity index (χ4v) is 2.92. The molecule has 0 bridgehead atoms. The fraction of sp³-hybridized carbons (Fsp3) is 0.500. The van der Waals surface area contributed by atoms with Gasteiger partial charge in [0.15, 0.2) is 0 Å². The fourth-order valence-electron chi connectivity index (χ4n) is 2.92. The van der Waals surface area contributed by atoms with Crippen LogP contribution in [-0.2, 0) is 6.42 Å². The SMILES string of the molecule is CC(CNC(=O)N1CCc2cc(C(=O)O)ccc21)C1CC1. The molecule has 0 spiro atoms. The maximum absolute atomic E-state index is 12.3. The molecule has 5 nitrogen and oxygen atoms in total. The zero-order valence-electron chi connectivity index (χ0n) is 12.1. The van der Waals surface area contributed by atoms with Gasteiger partial charge in [0.2, 0.25) is 0 Å². The molecule has 1 unspecified atom stereocenters. The predicted molar refractivity (Wildman–Crippen MR) is 79.7 cm³/mol. The molecule has 5 heteroatoms. The summed E-state index contributed by atoms with van der Waals surface area (Å²) in [6.07, 6.45) is 3.27. The Balaban J connectivity index is 1.65. The van der Waals surface area contributed by atoms with Crippen LogP contribution in [0.4, 0.5) is 10.5 Å². The Labute approximate surface area is 123 Å². The van der Waals surface area contributed by atoms with Gasteiger partial charge in [0.1, 0.15) is 0 Å². The Morgan fingerprint density at radius 3 is 2.86 bits per heavy atom. The molecular formula is C16H20N2O3. The van der Waals surface area contributed by atoms with Gasteiger partial charge in [-0.25, -0.2) is 9.59 Å². The second-order valence-corrected chi connectivity index (χ2v) is 6.05. The summed E-state index contributed by atoms with van der Waals surface area (Å²) in [5.74, 6) is 0.374. The molecule has 1 aromatic carbocycles. The van der Waals surface area contributed by atoms with Crippen LogP contribution in [-0.4, -0.2) is 30.2 Å². The van der Waals surface area contributed by atoms with Crippen LogP contribution in [0.2, 0.25) is 0 Å². The van der Waals surface area contributed by atoms with Crippen molar-refractivity contribution >= 4 is 17.7 Å². The molecule has 1 aliphatic carbocycles. The number of carboxylic acids is 1. The first-order valence-corrected chi connectivity index (χ1v) is 7.48. The van der Waals surface area contributed by atoms with E-state index in [1.807, 2.05) is 0 Å². The number of fused-ring (bicyclic) bond motifs is 1. The van der Waals surface area contributed by atoms with E-state index >= 15 is 0 Å². The van der Waals surface area contributed by atoms with Gasteiger partial charge in [0.25, 0.3) is 0 Å². The molecule has 1 heterocycles. The van der Waals surface area contributed by atoms with Crippen molar-refractivity contribution in [3.63, 3.8) is 0 Å². The third-order valence-corrected chi connectivity index (χ3v) is 4.47. The highest BCUT2D eigenvalue weighted by molar-refractivity contribution is 5.96. The Bertz CT molecular complexity index is 581. The summed E-state index contributed by atoms with van der Waals surface area (Å²) < 4.78 is 0. The molecule has 21 heavy (non-hydrogen) atoms. The molecule has 0 aromatic heterocycles. The summed E-state index contributed by atoms with van der Waals surface area (Å²) in [6, 6.07) is 4.87. The largest absolute Gasteiger partial charge is 0.478 e. The maximum atomic E-state index is 12.3. The summed E-state index contributed by atoms with van der Waals surface area (Å²) in [5.41, 5.74) is 2.04. The highest BCUT2D eigenvalue weighted by atomic mass is 16.4. The lowest BCUT2D eigenvalue weighted by atomic mass is 10.1. The lowest BCUT2D eigenvalue weighted by Gasteiger charge is -2.20. The number of carboxylic acid groups (broad SMARTS) is 1. The van der Waals surface area contributed by atoms with Gasteiger partial charge in [-0.15, -0.1) is 0 Å². The van der Waals surface area contributed by atoms with E-state index in [1.165, 1.54) is 12.8 Å². The van der Waals surface area contributed by atoms with Gasteiger partial charge >= 0.3 is 12.0 Å². The second-order valence-electron chi connectivity index (χ2n) is 6.05. The van der Waals surface area contributed by atoms with Gasteiger partial charge in [-0.05, 0) is 54.9 Å². The second kappa shape index (κ2) is 5.39. The van der Waals surface area contributed by atoms with Crippen molar-refractivity contribution in [1.29, 1.82) is 0 Å². The third-order valence-electron chi connectivity index (χ3n) is 4.47. The van der Waals surface area contributed by atoms with Crippen molar-refractivity contribution in [3.05, 3.63) is 29.3 Å². The zero-order valence-corrected chi connectivity index (χ0v) is 12.1. The normalized spacial score (nSPS) is 18.2.